The summed E-state index contributed by atoms with van der Waals surface area (Å²) in [6, 6.07) is 9.96. The molecule has 2 aromatic rings. The average Bonchev–Trinajstić information content (AvgIpc) is 3.24. The van der Waals surface area contributed by atoms with Crippen molar-refractivity contribution < 1.29 is 13.2 Å². The van der Waals surface area contributed by atoms with Gasteiger partial charge in [-0.05, 0) is 55.5 Å². The molecule has 0 spiro atoms. The Labute approximate surface area is 151 Å². The predicted molar refractivity (Wildman–Crippen MR) is 99.2 cm³/mol. The molecule has 1 aromatic carbocycles. The van der Waals surface area contributed by atoms with E-state index in [2.05, 4.69) is 4.72 Å². The number of nitrogens with zero attached hydrogens (tertiary/aromatic N) is 1. The number of carbonyl (C=O) groups is 1. The number of nitrogens with two attached hydrogens (primary N) is 1. The van der Waals surface area contributed by atoms with Gasteiger partial charge in [0, 0.05) is 23.8 Å². The number of thiophene rings is 1. The lowest BCUT2D eigenvalue weighted by atomic mass is 10.1. The van der Waals surface area contributed by atoms with Crippen molar-refractivity contribution in [3.63, 3.8) is 0 Å². The molecule has 0 radical (unpaired) electrons. The van der Waals surface area contributed by atoms with Crippen molar-refractivity contribution in [1.29, 1.82) is 0 Å². The van der Waals surface area contributed by atoms with Gasteiger partial charge in [0.15, 0.2) is 0 Å². The molecule has 2 atom stereocenters. The molecule has 2 unspecified atom stereocenters. The third-order valence-electron chi connectivity index (χ3n) is 4.38. The van der Waals surface area contributed by atoms with Crippen LogP contribution in [-0.2, 0) is 10.0 Å². The molecule has 1 aromatic heterocycles. The fraction of sp³-hybridized carbons (Fsp3) is 0.353. The smallest absolute Gasteiger partial charge is 0.271 e. The van der Waals surface area contributed by atoms with Crippen LogP contribution in [0, 0.1) is 5.92 Å². The van der Waals surface area contributed by atoms with Gasteiger partial charge in [-0.25, -0.2) is 8.42 Å². The molecule has 3 rings (SSSR count). The van der Waals surface area contributed by atoms with Gasteiger partial charge in [0.25, 0.3) is 15.9 Å². The number of nitrogens with one attached hydrogen (secondary N) is 1. The highest BCUT2D eigenvalue weighted by molar-refractivity contribution is 7.94. The lowest BCUT2D eigenvalue weighted by molar-refractivity contribution is 0.0743. The van der Waals surface area contributed by atoms with Crippen LogP contribution in [0.25, 0.3) is 0 Å². The Morgan fingerprint density at radius 2 is 2.16 bits per heavy atom. The fourth-order valence-corrected chi connectivity index (χ4v) is 5.14. The van der Waals surface area contributed by atoms with Crippen LogP contribution >= 0.6 is 11.3 Å². The van der Waals surface area contributed by atoms with E-state index < -0.39 is 10.0 Å². The highest BCUT2D eigenvalue weighted by Crippen LogP contribution is 2.26. The molecule has 1 aliphatic heterocycles. The third-order valence-corrected chi connectivity index (χ3v) is 7.16. The fourth-order valence-electron chi connectivity index (χ4n) is 3.10. The Kier molecular flexibility index (Phi) is 5.12. The largest absolute Gasteiger partial charge is 0.336 e. The summed E-state index contributed by atoms with van der Waals surface area (Å²) in [5.41, 5.74) is 6.57. The van der Waals surface area contributed by atoms with Gasteiger partial charge in [-0.2, -0.15) is 0 Å². The lowest BCUT2D eigenvalue weighted by Crippen LogP contribution is -2.34. The summed E-state index contributed by atoms with van der Waals surface area (Å²) in [7, 11) is -3.63. The second kappa shape index (κ2) is 7.15. The molecule has 1 amide bonds. The maximum Gasteiger partial charge on any atom is 0.271 e. The maximum absolute atomic E-state index is 12.8. The second-order valence-corrected chi connectivity index (χ2v) is 9.12. The number of carbonyl (C=O) groups excluding carboxylic acids is 1. The number of anilines is 1. The van der Waals surface area contributed by atoms with Gasteiger partial charge in [0.2, 0.25) is 0 Å². The minimum Gasteiger partial charge on any atom is -0.336 e. The number of sulfonamides is 1. The van der Waals surface area contributed by atoms with Crippen LogP contribution in [0.1, 0.15) is 23.7 Å². The molecular weight excluding hydrogens is 358 g/mol. The van der Waals surface area contributed by atoms with Crippen molar-refractivity contribution in [3.05, 3.63) is 47.3 Å². The van der Waals surface area contributed by atoms with Crippen molar-refractivity contribution in [1.82, 2.24) is 4.90 Å². The predicted octanol–water partition coefficient (Wildman–Crippen LogP) is 2.36. The van der Waals surface area contributed by atoms with E-state index >= 15 is 0 Å². The van der Waals surface area contributed by atoms with Crippen LogP contribution in [0.2, 0.25) is 0 Å². The highest BCUT2D eigenvalue weighted by atomic mass is 32.2. The van der Waals surface area contributed by atoms with Crippen molar-refractivity contribution >= 4 is 33.0 Å². The first kappa shape index (κ1) is 17.9. The molecule has 25 heavy (non-hydrogen) atoms. The van der Waals surface area contributed by atoms with Crippen LogP contribution in [0.3, 0.4) is 0 Å². The van der Waals surface area contributed by atoms with Gasteiger partial charge in [-0.3, -0.25) is 9.52 Å². The Bertz CT molecular complexity index is 850. The zero-order chi connectivity index (χ0) is 18.0. The summed E-state index contributed by atoms with van der Waals surface area (Å²) in [5, 5.41) is 1.71. The van der Waals surface area contributed by atoms with E-state index in [1.54, 1.807) is 41.8 Å². The zero-order valence-electron chi connectivity index (χ0n) is 13.9. The molecule has 3 N–H and O–H groups in total. The van der Waals surface area contributed by atoms with Gasteiger partial charge >= 0.3 is 0 Å². The quantitative estimate of drug-likeness (QED) is 0.834. The second-order valence-electron chi connectivity index (χ2n) is 6.26. The molecular formula is C17H21N3O3S2. The van der Waals surface area contributed by atoms with Gasteiger partial charge in [0.1, 0.15) is 4.21 Å². The van der Waals surface area contributed by atoms with E-state index in [0.29, 0.717) is 30.3 Å². The van der Waals surface area contributed by atoms with Crippen LogP contribution in [-0.4, -0.2) is 38.4 Å². The Morgan fingerprint density at radius 3 is 2.80 bits per heavy atom. The topological polar surface area (TPSA) is 92.5 Å². The summed E-state index contributed by atoms with van der Waals surface area (Å²) < 4.78 is 27.4. The molecule has 0 aliphatic carbocycles. The molecule has 6 nitrogen and oxygen atoms in total. The minimum atomic E-state index is -3.63. The molecule has 1 fully saturated rings. The highest BCUT2D eigenvalue weighted by Gasteiger charge is 2.32. The summed E-state index contributed by atoms with van der Waals surface area (Å²) in [6.45, 7) is 3.22. The van der Waals surface area contributed by atoms with Crippen molar-refractivity contribution in [2.24, 2.45) is 11.7 Å². The standard InChI is InChI=1S/C17H21N3O3S2/c1-12-8-13(10-18)11-20(12)17(21)14-4-2-5-15(9-14)19-25(22,23)16-6-3-7-24-16/h2-7,9,12-13,19H,8,10-11,18H2,1H3. The Balaban J connectivity index is 1.79. The molecule has 0 bridgehead atoms. The number of hydrogen-bond acceptors (Lipinski definition) is 5. The molecule has 1 saturated heterocycles. The number of rotatable bonds is 5. The van der Waals surface area contributed by atoms with Crippen LogP contribution in [0.15, 0.2) is 46.0 Å². The van der Waals surface area contributed by atoms with E-state index in [0.717, 1.165) is 17.8 Å². The zero-order valence-corrected chi connectivity index (χ0v) is 15.5. The summed E-state index contributed by atoms with van der Waals surface area (Å²) in [4.78, 5) is 14.6. The van der Waals surface area contributed by atoms with E-state index in [-0.39, 0.29) is 16.2 Å². The van der Waals surface area contributed by atoms with Gasteiger partial charge in [-0.1, -0.05) is 12.1 Å². The monoisotopic (exact) mass is 379 g/mol. The molecule has 134 valence electrons. The molecule has 0 saturated carbocycles. The SMILES string of the molecule is CC1CC(CN)CN1C(=O)c1cccc(NS(=O)(=O)c2cccs2)c1. The first-order chi connectivity index (χ1) is 11.9. The average molecular weight is 380 g/mol. The summed E-state index contributed by atoms with van der Waals surface area (Å²) in [6.07, 6.45) is 0.896. The van der Waals surface area contributed by atoms with Gasteiger partial charge in [0.05, 0.1) is 0 Å². The lowest BCUT2D eigenvalue weighted by Gasteiger charge is -2.22. The van der Waals surface area contributed by atoms with Crippen LogP contribution in [0.4, 0.5) is 5.69 Å². The number of likely N-dealkylation sites (tertiary alicyclic amines) is 1. The molecule has 2 heterocycles. The first-order valence-corrected chi connectivity index (χ1v) is 10.4. The van der Waals surface area contributed by atoms with Crippen LogP contribution in [0.5, 0.6) is 0 Å². The third kappa shape index (κ3) is 3.86. The normalized spacial score (nSPS) is 20.6. The van der Waals surface area contributed by atoms with Crippen LogP contribution < -0.4 is 10.5 Å². The number of hydrogen-bond donors (Lipinski definition) is 2. The van der Waals surface area contributed by atoms with E-state index in [1.807, 2.05) is 11.8 Å². The van der Waals surface area contributed by atoms with Gasteiger partial charge in [-0.15, -0.1) is 11.3 Å². The summed E-state index contributed by atoms with van der Waals surface area (Å²) in [5.74, 6) is 0.222. The van der Waals surface area contributed by atoms with E-state index in [1.165, 1.54) is 0 Å². The van der Waals surface area contributed by atoms with Gasteiger partial charge < -0.3 is 10.6 Å². The Morgan fingerprint density at radius 1 is 1.36 bits per heavy atom. The number of amides is 1. The van der Waals surface area contributed by atoms with Crippen molar-refractivity contribution in [2.75, 3.05) is 17.8 Å². The van der Waals surface area contributed by atoms with E-state index in [4.69, 9.17) is 5.73 Å². The minimum absolute atomic E-state index is 0.0966. The molecule has 1 aliphatic rings. The molecule has 8 heteroatoms. The van der Waals surface area contributed by atoms with Crippen molar-refractivity contribution in [2.45, 2.75) is 23.6 Å². The summed E-state index contributed by atoms with van der Waals surface area (Å²) >= 11 is 1.15. The maximum atomic E-state index is 12.8. The van der Waals surface area contributed by atoms with Crippen molar-refractivity contribution in [3.8, 4) is 0 Å². The van der Waals surface area contributed by atoms with E-state index in [9.17, 15) is 13.2 Å². The first-order valence-electron chi connectivity index (χ1n) is 8.08. The number of benzene rings is 1. The Hall–Kier alpha value is -1.90.